The predicted molar refractivity (Wildman–Crippen MR) is 91.7 cm³/mol. The molecule has 5 heteroatoms. The SMILES string of the molecule is CC(C)(C)OC(=O)N1CCC2(CC1)CC(c1ccccc1)C(=O)N2. The maximum absolute atomic E-state index is 12.4. The number of ether oxygens (including phenoxy) is 1. The summed E-state index contributed by atoms with van der Waals surface area (Å²) in [4.78, 5) is 26.4. The Morgan fingerprint density at radius 1 is 1.21 bits per heavy atom. The lowest BCUT2D eigenvalue weighted by molar-refractivity contribution is -0.121. The van der Waals surface area contributed by atoms with Gasteiger partial charge in [-0.25, -0.2) is 4.79 Å². The Morgan fingerprint density at radius 2 is 1.83 bits per heavy atom. The Bertz CT molecular complexity index is 613. The van der Waals surface area contributed by atoms with E-state index in [0.717, 1.165) is 24.8 Å². The van der Waals surface area contributed by atoms with Crippen LogP contribution in [0.15, 0.2) is 30.3 Å². The van der Waals surface area contributed by atoms with Crippen LogP contribution in [0.25, 0.3) is 0 Å². The van der Waals surface area contributed by atoms with Crippen molar-refractivity contribution in [3.63, 3.8) is 0 Å². The van der Waals surface area contributed by atoms with Gasteiger partial charge in [0.25, 0.3) is 0 Å². The summed E-state index contributed by atoms with van der Waals surface area (Å²) in [6.45, 7) is 6.86. The maximum Gasteiger partial charge on any atom is 0.410 e. The van der Waals surface area contributed by atoms with Crippen molar-refractivity contribution in [2.24, 2.45) is 0 Å². The second-order valence-electron chi connectivity index (χ2n) is 7.90. The first-order chi connectivity index (χ1) is 11.3. The summed E-state index contributed by atoms with van der Waals surface area (Å²) in [5.74, 6) is 0.0196. The molecule has 2 saturated heterocycles. The zero-order chi connectivity index (χ0) is 17.4. The number of likely N-dealkylation sites (tertiary alicyclic amines) is 1. The summed E-state index contributed by atoms with van der Waals surface area (Å²) in [6, 6.07) is 9.93. The first kappa shape index (κ1) is 16.8. The molecule has 1 unspecified atom stereocenters. The van der Waals surface area contributed by atoms with Gasteiger partial charge in [0, 0.05) is 18.6 Å². The van der Waals surface area contributed by atoms with Crippen LogP contribution in [0.4, 0.5) is 4.79 Å². The van der Waals surface area contributed by atoms with Gasteiger partial charge in [-0.2, -0.15) is 0 Å². The number of hydrogen-bond donors (Lipinski definition) is 1. The van der Waals surface area contributed by atoms with Crippen LogP contribution >= 0.6 is 0 Å². The van der Waals surface area contributed by atoms with Crippen LogP contribution in [-0.2, 0) is 9.53 Å². The van der Waals surface area contributed by atoms with Crippen molar-refractivity contribution < 1.29 is 14.3 Å². The lowest BCUT2D eigenvalue weighted by Gasteiger charge is -2.39. The van der Waals surface area contributed by atoms with Crippen molar-refractivity contribution >= 4 is 12.0 Å². The Hall–Kier alpha value is -2.04. The molecule has 2 fully saturated rings. The first-order valence-corrected chi connectivity index (χ1v) is 8.63. The fraction of sp³-hybridized carbons (Fsp3) is 0.579. The summed E-state index contributed by atoms with van der Waals surface area (Å²) in [5.41, 5.74) is 0.406. The highest BCUT2D eigenvalue weighted by Gasteiger charge is 2.46. The van der Waals surface area contributed by atoms with E-state index in [4.69, 9.17) is 4.74 Å². The van der Waals surface area contributed by atoms with Gasteiger partial charge in [0.1, 0.15) is 5.60 Å². The number of nitrogens with zero attached hydrogens (tertiary/aromatic N) is 1. The molecule has 1 aromatic rings. The Labute approximate surface area is 143 Å². The van der Waals surface area contributed by atoms with Gasteiger partial charge in [0.15, 0.2) is 0 Å². The molecule has 0 aromatic heterocycles. The highest BCUT2D eigenvalue weighted by atomic mass is 16.6. The highest BCUT2D eigenvalue weighted by Crippen LogP contribution is 2.39. The Morgan fingerprint density at radius 3 is 2.42 bits per heavy atom. The van der Waals surface area contributed by atoms with Crippen LogP contribution in [0, 0.1) is 0 Å². The Kier molecular flexibility index (Phi) is 4.28. The molecule has 2 amide bonds. The van der Waals surface area contributed by atoms with Gasteiger partial charge in [0.05, 0.1) is 5.92 Å². The standard InChI is InChI=1S/C19H26N2O3/c1-18(2,3)24-17(23)21-11-9-19(10-12-21)13-15(16(22)20-19)14-7-5-4-6-8-14/h4-8,15H,9-13H2,1-3H3,(H,20,22). The molecule has 1 aromatic carbocycles. The molecule has 2 aliphatic rings. The molecule has 5 nitrogen and oxygen atoms in total. The van der Waals surface area contributed by atoms with E-state index in [1.54, 1.807) is 4.90 Å². The minimum absolute atomic E-state index is 0.0840. The van der Waals surface area contributed by atoms with E-state index in [1.165, 1.54) is 0 Å². The maximum atomic E-state index is 12.4. The van der Waals surface area contributed by atoms with E-state index in [9.17, 15) is 9.59 Å². The fourth-order valence-electron chi connectivity index (χ4n) is 3.61. The molecule has 2 heterocycles. The lowest BCUT2D eigenvalue weighted by Crippen LogP contribution is -2.52. The fourth-order valence-corrected chi connectivity index (χ4v) is 3.61. The van der Waals surface area contributed by atoms with E-state index in [-0.39, 0.29) is 23.5 Å². The number of hydrogen-bond acceptors (Lipinski definition) is 3. The van der Waals surface area contributed by atoms with Crippen molar-refractivity contribution in [3.8, 4) is 0 Å². The molecule has 1 spiro atoms. The molecule has 3 rings (SSSR count). The van der Waals surface area contributed by atoms with Gasteiger partial charge < -0.3 is 15.0 Å². The van der Waals surface area contributed by atoms with Crippen molar-refractivity contribution in [1.29, 1.82) is 0 Å². The van der Waals surface area contributed by atoms with Gasteiger partial charge in [-0.1, -0.05) is 30.3 Å². The van der Waals surface area contributed by atoms with Crippen LogP contribution < -0.4 is 5.32 Å². The van der Waals surface area contributed by atoms with E-state index in [1.807, 2.05) is 51.1 Å². The second kappa shape index (κ2) is 6.11. The summed E-state index contributed by atoms with van der Waals surface area (Å²) in [7, 11) is 0. The van der Waals surface area contributed by atoms with Gasteiger partial charge >= 0.3 is 6.09 Å². The molecule has 0 radical (unpaired) electrons. The minimum atomic E-state index is -0.480. The first-order valence-electron chi connectivity index (χ1n) is 8.63. The molecule has 2 aliphatic heterocycles. The number of piperidine rings is 1. The third kappa shape index (κ3) is 3.55. The number of carbonyl (C=O) groups is 2. The van der Waals surface area contributed by atoms with Crippen LogP contribution in [0.2, 0.25) is 0 Å². The number of nitrogens with one attached hydrogen (secondary N) is 1. The van der Waals surface area contributed by atoms with Gasteiger partial charge in [0.2, 0.25) is 5.91 Å². The second-order valence-corrected chi connectivity index (χ2v) is 7.90. The quantitative estimate of drug-likeness (QED) is 0.861. The molecule has 1 N–H and O–H groups in total. The topological polar surface area (TPSA) is 58.6 Å². The zero-order valence-corrected chi connectivity index (χ0v) is 14.7. The summed E-state index contributed by atoms with van der Waals surface area (Å²) in [6.07, 6.45) is 2.10. The van der Waals surface area contributed by atoms with Crippen molar-refractivity contribution in [2.75, 3.05) is 13.1 Å². The van der Waals surface area contributed by atoms with E-state index < -0.39 is 5.60 Å². The van der Waals surface area contributed by atoms with E-state index >= 15 is 0 Å². The van der Waals surface area contributed by atoms with Gasteiger partial charge in [-0.05, 0) is 45.6 Å². The van der Waals surface area contributed by atoms with Crippen LogP contribution in [-0.4, -0.2) is 41.1 Å². The molecular formula is C19H26N2O3. The number of amides is 2. The molecule has 24 heavy (non-hydrogen) atoms. The van der Waals surface area contributed by atoms with Crippen LogP contribution in [0.5, 0.6) is 0 Å². The summed E-state index contributed by atoms with van der Waals surface area (Å²) in [5, 5.41) is 3.21. The number of carbonyl (C=O) groups excluding carboxylic acids is 2. The zero-order valence-electron chi connectivity index (χ0n) is 14.7. The molecular weight excluding hydrogens is 304 g/mol. The number of rotatable bonds is 1. The molecule has 0 saturated carbocycles. The van der Waals surface area contributed by atoms with E-state index in [2.05, 4.69) is 5.32 Å². The molecule has 1 atom stereocenters. The Balaban J connectivity index is 1.62. The third-order valence-corrected chi connectivity index (χ3v) is 4.87. The molecule has 0 aliphatic carbocycles. The third-order valence-electron chi connectivity index (χ3n) is 4.87. The largest absolute Gasteiger partial charge is 0.444 e. The number of benzene rings is 1. The average molecular weight is 330 g/mol. The predicted octanol–water partition coefficient (Wildman–Crippen LogP) is 3.06. The normalized spacial score (nSPS) is 23.2. The van der Waals surface area contributed by atoms with E-state index in [0.29, 0.717) is 13.1 Å². The van der Waals surface area contributed by atoms with Crippen LogP contribution in [0.3, 0.4) is 0 Å². The average Bonchev–Trinajstić information content (AvgIpc) is 2.83. The highest BCUT2D eigenvalue weighted by molar-refractivity contribution is 5.87. The van der Waals surface area contributed by atoms with Gasteiger partial charge in [-0.3, -0.25) is 4.79 Å². The van der Waals surface area contributed by atoms with Crippen LogP contribution in [0.1, 0.15) is 51.5 Å². The minimum Gasteiger partial charge on any atom is -0.444 e. The van der Waals surface area contributed by atoms with Crippen molar-refractivity contribution in [3.05, 3.63) is 35.9 Å². The smallest absolute Gasteiger partial charge is 0.410 e. The summed E-state index contributed by atoms with van der Waals surface area (Å²) >= 11 is 0. The summed E-state index contributed by atoms with van der Waals surface area (Å²) < 4.78 is 5.44. The molecule has 0 bridgehead atoms. The molecule has 130 valence electrons. The van der Waals surface area contributed by atoms with Gasteiger partial charge in [-0.15, -0.1) is 0 Å². The van der Waals surface area contributed by atoms with Crippen molar-refractivity contribution in [2.45, 2.75) is 57.1 Å². The monoisotopic (exact) mass is 330 g/mol. The van der Waals surface area contributed by atoms with Crippen molar-refractivity contribution in [1.82, 2.24) is 10.2 Å². The lowest BCUT2D eigenvalue weighted by atomic mass is 9.82.